The summed E-state index contributed by atoms with van der Waals surface area (Å²) in [6.07, 6.45) is 5.06. The first-order chi connectivity index (χ1) is 9.22. The monoisotopic (exact) mass is 281 g/mol. The molecule has 0 aromatic heterocycles. The molecular weight excluding hydrogens is 262 g/mol. The molecule has 0 spiro atoms. The number of nitrogens with one attached hydrogen (secondary N) is 1. The lowest BCUT2D eigenvalue weighted by Gasteiger charge is -2.29. The SMILES string of the molecule is CC1CCCC(Nc2cc3c(cc2Cl)OCCO3)C1. The Morgan fingerprint density at radius 3 is 2.63 bits per heavy atom. The maximum absolute atomic E-state index is 6.32. The van der Waals surface area contributed by atoms with Crippen molar-refractivity contribution in [2.75, 3.05) is 18.5 Å². The van der Waals surface area contributed by atoms with Gasteiger partial charge in [-0.3, -0.25) is 0 Å². The van der Waals surface area contributed by atoms with Crippen LogP contribution in [-0.2, 0) is 0 Å². The van der Waals surface area contributed by atoms with Crippen LogP contribution in [0.3, 0.4) is 0 Å². The van der Waals surface area contributed by atoms with Crippen LogP contribution in [0.25, 0.3) is 0 Å². The summed E-state index contributed by atoms with van der Waals surface area (Å²) < 4.78 is 11.1. The molecule has 2 unspecified atom stereocenters. The molecule has 1 aromatic rings. The van der Waals surface area contributed by atoms with Crippen molar-refractivity contribution < 1.29 is 9.47 Å². The number of rotatable bonds is 2. The van der Waals surface area contributed by atoms with Gasteiger partial charge >= 0.3 is 0 Å². The fraction of sp³-hybridized carbons (Fsp3) is 0.600. The molecule has 19 heavy (non-hydrogen) atoms. The summed E-state index contributed by atoms with van der Waals surface area (Å²) >= 11 is 6.32. The lowest BCUT2D eigenvalue weighted by atomic mass is 9.87. The van der Waals surface area contributed by atoms with E-state index < -0.39 is 0 Å². The molecule has 0 amide bonds. The molecule has 3 rings (SSSR count). The normalized spacial score (nSPS) is 26.0. The Morgan fingerprint density at radius 2 is 1.89 bits per heavy atom. The predicted molar refractivity (Wildman–Crippen MR) is 77.5 cm³/mol. The van der Waals surface area contributed by atoms with Gasteiger partial charge in [-0.05, 0) is 18.8 Å². The lowest BCUT2D eigenvalue weighted by molar-refractivity contribution is 0.171. The number of ether oxygens (including phenoxy) is 2. The van der Waals surface area contributed by atoms with Crippen LogP contribution < -0.4 is 14.8 Å². The van der Waals surface area contributed by atoms with E-state index in [1.54, 1.807) is 0 Å². The number of hydrogen-bond acceptors (Lipinski definition) is 3. The predicted octanol–water partition coefficient (Wildman–Crippen LogP) is 4.10. The summed E-state index contributed by atoms with van der Waals surface area (Å²) in [5.41, 5.74) is 0.963. The van der Waals surface area contributed by atoms with Crippen molar-refractivity contribution in [3.8, 4) is 11.5 Å². The van der Waals surface area contributed by atoms with E-state index in [0.717, 1.165) is 23.1 Å². The van der Waals surface area contributed by atoms with Gasteiger partial charge < -0.3 is 14.8 Å². The van der Waals surface area contributed by atoms with E-state index in [2.05, 4.69) is 12.2 Å². The molecule has 3 nitrogen and oxygen atoms in total. The van der Waals surface area contributed by atoms with Crippen molar-refractivity contribution in [1.29, 1.82) is 0 Å². The van der Waals surface area contributed by atoms with Gasteiger partial charge in [-0.2, -0.15) is 0 Å². The zero-order chi connectivity index (χ0) is 13.2. The number of hydrogen-bond donors (Lipinski definition) is 1. The Morgan fingerprint density at radius 1 is 1.16 bits per heavy atom. The lowest BCUT2D eigenvalue weighted by Crippen LogP contribution is -2.26. The Balaban J connectivity index is 1.76. The van der Waals surface area contributed by atoms with Gasteiger partial charge in [0.05, 0.1) is 10.7 Å². The topological polar surface area (TPSA) is 30.5 Å². The molecule has 1 saturated carbocycles. The second kappa shape index (κ2) is 5.49. The molecule has 2 aliphatic rings. The van der Waals surface area contributed by atoms with Crippen LogP contribution in [0.5, 0.6) is 11.5 Å². The third-order valence-corrected chi connectivity index (χ3v) is 4.24. The molecule has 4 heteroatoms. The summed E-state index contributed by atoms with van der Waals surface area (Å²) in [4.78, 5) is 0. The summed E-state index contributed by atoms with van der Waals surface area (Å²) in [5, 5.41) is 4.27. The highest BCUT2D eigenvalue weighted by Gasteiger charge is 2.21. The molecule has 104 valence electrons. The molecule has 1 N–H and O–H groups in total. The van der Waals surface area contributed by atoms with Gasteiger partial charge in [-0.25, -0.2) is 0 Å². The molecule has 0 bridgehead atoms. The van der Waals surface area contributed by atoms with Gasteiger partial charge in [0.1, 0.15) is 13.2 Å². The molecule has 1 aliphatic heterocycles. The second-order valence-electron chi connectivity index (χ2n) is 5.59. The maximum Gasteiger partial charge on any atom is 0.163 e. The fourth-order valence-corrected chi connectivity index (χ4v) is 3.17. The van der Waals surface area contributed by atoms with E-state index in [4.69, 9.17) is 21.1 Å². The molecule has 1 aliphatic carbocycles. The van der Waals surface area contributed by atoms with Gasteiger partial charge in [-0.15, -0.1) is 0 Å². The van der Waals surface area contributed by atoms with Crippen molar-refractivity contribution >= 4 is 17.3 Å². The third-order valence-electron chi connectivity index (χ3n) is 3.93. The van der Waals surface area contributed by atoms with Crippen molar-refractivity contribution in [1.82, 2.24) is 0 Å². The highest BCUT2D eigenvalue weighted by Crippen LogP contribution is 2.39. The molecule has 2 atom stereocenters. The van der Waals surface area contributed by atoms with Crippen LogP contribution in [0.15, 0.2) is 12.1 Å². The second-order valence-corrected chi connectivity index (χ2v) is 6.00. The van der Waals surface area contributed by atoms with E-state index >= 15 is 0 Å². The zero-order valence-corrected chi connectivity index (χ0v) is 12.0. The van der Waals surface area contributed by atoms with Crippen molar-refractivity contribution in [2.45, 2.75) is 38.6 Å². The summed E-state index contributed by atoms with van der Waals surface area (Å²) in [6, 6.07) is 4.34. The minimum atomic E-state index is 0.517. The van der Waals surface area contributed by atoms with Gasteiger partial charge in [0.15, 0.2) is 11.5 Å². The van der Waals surface area contributed by atoms with E-state index in [9.17, 15) is 0 Å². The van der Waals surface area contributed by atoms with Crippen LogP contribution in [-0.4, -0.2) is 19.3 Å². The summed E-state index contributed by atoms with van der Waals surface area (Å²) in [6.45, 7) is 3.52. The summed E-state index contributed by atoms with van der Waals surface area (Å²) in [5.74, 6) is 2.34. The highest BCUT2D eigenvalue weighted by atomic mass is 35.5. The first kappa shape index (κ1) is 12.9. The van der Waals surface area contributed by atoms with Crippen LogP contribution >= 0.6 is 11.6 Å². The molecular formula is C15H20ClNO2. The Labute approximate surface area is 119 Å². The largest absolute Gasteiger partial charge is 0.486 e. The average molecular weight is 282 g/mol. The van der Waals surface area contributed by atoms with Gasteiger partial charge in [-0.1, -0.05) is 31.4 Å². The zero-order valence-electron chi connectivity index (χ0n) is 11.2. The van der Waals surface area contributed by atoms with Crippen LogP contribution in [0, 0.1) is 5.92 Å². The smallest absolute Gasteiger partial charge is 0.163 e. The van der Waals surface area contributed by atoms with E-state index in [1.165, 1.54) is 25.7 Å². The first-order valence-electron chi connectivity index (χ1n) is 7.08. The Kier molecular flexibility index (Phi) is 3.74. The minimum Gasteiger partial charge on any atom is -0.486 e. The Hall–Kier alpha value is -1.09. The number of halogens is 1. The number of benzene rings is 1. The van der Waals surface area contributed by atoms with Crippen molar-refractivity contribution in [3.05, 3.63) is 17.2 Å². The minimum absolute atomic E-state index is 0.517. The van der Waals surface area contributed by atoms with Gasteiger partial charge in [0, 0.05) is 18.2 Å². The van der Waals surface area contributed by atoms with E-state index in [0.29, 0.717) is 24.3 Å². The molecule has 1 fully saturated rings. The fourth-order valence-electron chi connectivity index (χ4n) is 2.96. The standard InChI is InChI=1S/C15H20ClNO2/c1-10-3-2-4-11(7-10)17-13-9-15-14(8-12(13)16)18-5-6-19-15/h8-11,17H,2-7H2,1H3. The third kappa shape index (κ3) is 2.92. The van der Waals surface area contributed by atoms with Gasteiger partial charge in [0.25, 0.3) is 0 Å². The molecule has 0 saturated heterocycles. The number of fused-ring (bicyclic) bond motifs is 1. The van der Waals surface area contributed by atoms with Crippen LogP contribution in [0.4, 0.5) is 5.69 Å². The van der Waals surface area contributed by atoms with E-state index in [-0.39, 0.29) is 0 Å². The number of anilines is 1. The summed E-state index contributed by atoms with van der Waals surface area (Å²) in [7, 11) is 0. The molecule has 1 aromatic carbocycles. The highest BCUT2D eigenvalue weighted by molar-refractivity contribution is 6.33. The van der Waals surface area contributed by atoms with Crippen LogP contribution in [0.1, 0.15) is 32.6 Å². The molecule has 1 heterocycles. The van der Waals surface area contributed by atoms with Crippen molar-refractivity contribution in [3.63, 3.8) is 0 Å². The first-order valence-corrected chi connectivity index (χ1v) is 7.46. The van der Waals surface area contributed by atoms with Gasteiger partial charge in [0.2, 0.25) is 0 Å². The van der Waals surface area contributed by atoms with Crippen molar-refractivity contribution in [2.24, 2.45) is 5.92 Å². The quantitative estimate of drug-likeness (QED) is 0.885. The Bertz CT molecular complexity index is 464. The maximum atomic E-state index is 6.32. The molecule has 0 radical (unpaired) electrons. The van der Waals surface area contributed by atoms with E-state index in [1.807, 2.05) is 12.1 Å². The average Bonchev–Trinajstić information content (AvgIpc) is 2.40. The van der Waals surface area contributed by atoms with Crippen LogP contribution in [0.2, 0.25) is 5.02 Å².